The standard InChI is InChI=1S/C25H37ClN4O5S/c1-19-5-3-6-23(30(19)36(33,34)24-10-8-21(26)9-11-24)18-35-25(32)29-12-4-7-22(17-29)28-15-13-27(14-16-28)20(2)31/h8-11,19,22-23H,3-7,12-18H2,1-2H3/t19-,22?,23-/m1/s1. The molecule has 36 heavy (non-hydrogen) atoms. The minimum Gasteiger partial charge on any atom is -0.448 e. The Labute approximate surface area is 219 Å². The quantitative estimate of drug-likeness (QED) is 0.570. The normalized spacial score (nSPS) is 26.6. The highest BCUT2D eigenvalue weighted by Crippen LogP contribution is 2.30. The number of carbonyl (C=O) groups is 2. The van der Waals surface area contributed by atoms with Crippen LogP contribution >= 0.6 is 11.6 Å². The maximum Gasteiger partial charge on any atom is 0.409 e. The minimum absolute atomic E-state index is 0.0362. The Morgan fingerprint density at radius 3 is 2.33 bits per heavy atom. The van der Waals surface area contributed by atoms with Gasteiger partial charge in [-0.1, -0.05) is 18.0 Å². The number of ether oxygens (including phenoxy) is 1. The fraction of sp³-hybridized carbons (Fsp3) is 0.680. The summed E-state index contributed by atoms with van der Waals surface area (Å²) in [6.07, 6.45) is 3.81. The number of amides is 2. The van der Waals surface area contributed by atoms with Gasteiger partial charge in [-0.3, -0.25) is 9.69 Å². The lowest BCUT2D eigenvalue weighted by Gasteiger charge is -2.43. The van der Waals surface area contributed by atoms with Crippen LogP contribution in [0.25, 0.3) is 0 Å². The van der Waals surface area contributed by atoms with Crippen LogP contribution in [0.1, 0.15) is 46.0 Å². The summed E-state index contributed by atoms with van der Waals surface area (Å²) in [6, 6.07) is 5.85. The second-order valence-electron chi connectivity index (χ2n) is 10.1. The summed E-state index contributed by atoms with van der Waals surface area (Å²) in [5.41, 5.74) is 0. The van der Waals surface area contributed by atoms with Gasteiger partial charge < -0.3 is 14.5 Å². The SMILES string of the molecule is CC(=O)N1CCN(C2CCCN(C(=O)OC[C@H]3CCC[C@@H](C)N3S(=O)(=O)c3ccc(Cl)cc3)C2)CC1. The Hall–Kier alpha value is -1.88. The smallest absolute Gasteiger partial charge is 0.409 e. The number of piperidine rings is 2. The van der Waals surface area contributed by atoms with Crippen LogP contribution < -0.4 is 0 Å². The molecule has 0 spiro atoms. The van der Waals surface area contributed by atoms with Crippen LogP contribution in [0.5, 0.6) is 0 Å². The van der Waals surface area contributed by atoms with Gasteiger partial charge in [-0.05, 0) is 56.9 Å². The number of hydrogen-bond donors (Lipinski definition) is 0. The molecule has 3 aliphatic rings. The lowest BCUT2D eigenvalue weighted by molar-refractivity contribution is -0.131. The maximum atomic E-state index is 13.5. The molecule has 1 unspecified atom stereocenters. The Morgan fingerprint density at radius 2 is 1.67 bits per heavy atom. The molecule has 200 valence electrons. The molecule has 0 aliphatic carbocycles. The molecular formula is C25H37ClN4O5S. The second kappa shape index (κ2) is 11.7. The van der Waals surface area contributed by atoms with Gasteiger partial charge in [0.05, 0.1) is 10.9 Å². The van der Waals surface area contributed by atoms with E-state index in [0.717, 1.165) is 38.8 Å². The number of halogens is 1. The summed E-state index contributed by atoms with van der Waals surface area (Å²) in [5, 5.41) is 0.478. The molecule has 0 saturated carbocycles. The summed E-state index contributed by atoms with van der Waals surface area (Å²) in [5.74, 6) is 0.104. The first-order valence-corrected chi connectivity index (χ1v) is 14.7. The van der Waals surface area contributed by atoms with Gasteiger partial charge in [0.25, 0.3) is 0 Å². The number of benzene rings is 1. The van der Waals surface area contributed by atoms with Gasteiger partial charge in [0.15, 0.2) is 0 Å². The molecule has 11 heteroatoms. The van der Waals surface area contributed by atoms with E-state index in [1.165, 1.54) is 16.4 Å². The largest absolute Gasteiger partial charge is 0.448 e. The van der Waals surface area contributed by atoms with E-state index in [0.29, 0.717) is 37.6 Å². The van der Waals surface area contributed by atoms with Crippen molar-refractivity contribution in [2.75, 3.05) is 45.9 Å². The molecule has 3 aliphatic heterocycles. The molecule has 3 atom stereocenters. The van der Waals surface area contributed by atoms with E-state index in [2.05, 4.69) is 4.90 Å². The summed E-state index contributed by atoms with van der Waals surface area (Å²) < 4.78 is 34.1. The number of nitrogens with zero attached hydrogens (tertiary/aromatic N) is 4. The van der Waals surface area contributed by atoms with E-state index < -0.39 is 16.1 Å². The Kier molecular flexibility index (Phi) is 8.80. The van der Waals surface area contributed by atoms with Gasteiger partial charge in [0.1, 0.15) is 6.61 Å². The monoisotopic (exact) mass is 540 g/mol. The summed E-state index contributed by atoms with van der Waals surface area (Å²) in [6.45, 7) is 7.82. The number of piperazine rings is 1. The van der Waals surface area contributed by atoms with Gasteiger partial charge in [-0.15, -0.1) is 0 Å². The van der Waals surface area contributed by atoms with Gasteiger partial charge in [0, 0.05) is 63.3 Å². The minimum atomic E-state index is -3.75. The number of sulfonamides is 1. The molecule has 1 aromatic rings. The fourth-order valence-electron chi connectivity index (χ4n) is 5.66. The zero-order valence-corrected chi connectivity index (χ0v) is 22.7. The molecule has 0 bridgehead atoms. The van der Waals surface area contributed by atoms with Crippen molar-refractivity contribution in [1.29, 1.82) is 0 Å². The topological polar surface area (TPSA) is 90.5 Å². The zero-order valence-electron chi connectivity index (χ0n) is 21.1. The number of hydrogen-bond acceptors (Lipinski definition) is 6. The van der Waals surface area contributed by atoms with Crippen LogP contribution in [-0.4, -0.2) is 103 Å². The average Bonchev–Trinajstić information content (AvgIpc) is 2.87. The van der Waals surface area contributed by atoms with Gasteiger partial charge in [0.2, 0.25) is 15.9 Å². The third kappa shape index (κ3) is 6.15. The van der Waals surface area contributed by atoms with E-state index in [4.69, 9.17) is 16.3 Å². The highest BCUT2D eigenvalue weighted by atomic mass is 35.5. The van der Waals surface area contributed by atoms with Crippen LogP contribution in [0.4, 0.5) is 4.79 Å². The highest BCUT2D eigenvalue weighted by Gasteiger charge is 2.39. The molecule has 2 amide bonds. The van der Waals surface area contributed by atoms with Gasteiger partial charge in [-0.25, -0.2) is 13.2 Å². The third-order valence-electron chi connectivity index (χ3n) is 7.67. The second-order valence-corrected chi connectivity index (χ2v) is 12.4. The van der Waals surface area contributed by atoms with E-state index in [9.17, 15) is 18.0 Å². The van der Waals surface area contributed by atoms with Crippen molar-refractivity contribution >= 4 is 33.6 Å². The molecule has 9 nitrogen and oxygen atoms in total. The molecule has 4 rings (SSSR count). The molecule has 3 fully saturated rings. The van der Waals surface area contributed by atoms with Gasteiger partial charge >= 0.3 is 6.09 Å². The molecule has 1 aromatic carbocycles. The third-order valence-corrected chi connectivity index (χ3v) is 10.0. The number of carbonyl (C=O) groups excluding carboxylic acids is 2. The first kappa shape index (κ1) is 27.2. The Bertz CT molecular complexity index is 1030. The van der Waals surface area contributed by atoms with Gasteiger partial charge in [-0.2, -0.15) is 4.31 Å². The lowest BCUT2D eigenvalue weighted by Crippen LogP contribution is -2.56. The lowest BCUT2D eigenvalue weighted by atomic mass is 10.0. The predicted molar refractivity (Wildman–Crippen MR) is 137 cm³/mol. The summed E-state index contributed by atoms with van der Waals surface area (Å²) in [4.78, 5) is 30.8. The molecular weight excluding hydrogens is 504 g/mol. The van der Waals surface area contributed by atoms with Crippen LogP contribution in [-0.2, 0) is 19.6 Å². The Morgan fingerprint density at radius 1 is 0.972 bits per heavy atom. The van der Waals surface area contributed by atoms with Crippen molar-refractivity contribution in [3.05, 3.63) is 29.3 Å². The van der Waals surface area contributed by atoms with Crippen molar-refractivity contribution < 1.29 is 22.7 Å². The van der Waals surface area contributed by atoms with Crippen LogP contribution in [0.3, 0.4) is 0 Å². The van der Waals surface area contributed by atoms with E-state index >= 15 is 0 Å². The van der Waals surface area contributed by atoms with Crippen molar-refractivity contribution in [1.82, 2.24) is 19.0 Å². The number of likely N-dealkylation sites (tertiary alicyclic amines) is 1. The molecule has 3 heterocycles. The predicted octanol–water partition coefficient (Wildman–Crippen LogP) is 3.04. The average molecular weight is 541 g/mol. The molecule has 0 aromatic heterocycles. The van der Waals surface area contributed by atoms with Crippen molar-refractivity contribution in [2.45, 2.75) is 69.0 Å². The van der Waals surface area contributed by atoms with Crippen LogP contribution in [0.2, 0.25) is 5.02 Å². The van der Waals surface area contributed by atoms with Crippen molar-refractivity contribution in [3.63, 3.8) is 0 Å². The van der Waals surface area contributed by atoms with Crippen LogP contribution in [0, 0.1) is 0 Å². The van der Waals surface area contributed by atoms with E-state index in [-0.39, 0.29) is 35.6 Å². The first-order chi connectivity index (χ1) is 17.2. The molecule has 0 radical (unpaired) electrons. The molecule has 0 N–H and O–H groups in total. The summed E-state index contributed by atoms with van der Waals surface area (Å²) in [7, 11) is -3.75. The fourth-order valence-corrected chi connectivity index (χ4v) is 7.65. The zero-order chi connectivity index (χ0) is 25.9. The first-order valence-electron chi connectivity index (χ1n) is 12.9. The van der Waals surface area contributed by atoms with Crippen molar-refractivity contribution in [3.8, 4) is 0 Å². The summed E-state index contributed by atoms with van der Waals surface area (Å²) >= 11 is 5.95. The van der Waals surface area contributed by atoms with Crippen LogP contribution in [0.15, 0.2) is 29.2 Å². The highest BCUT2D eigenvalue weighted by molar-refractivity contribution is 7.89. The molecule has 3 saturated heterocycles. The Balaban J connectivity index is 1.36. The van der Waals surface area contributed by atoms with Crippen molar-refractivity contribution in [2.24, 2.45) is 0 Å². The maximum absolute atomic E-state index is 13.5. The van der Waals surface area contributed by atoms with E-state index in [1.807, 2.05) is 11.8 Å². The number of rotatable bonds is 5. The van der Waals surface area contributed by atoms with E-state index in [1.54, 1.807) is 24.0 Å².